The minimum atomic E-state index is -2.78. The number of halogens is 2. The monoisotopic (exact) mass is 220 g/mol. The molecular weight excluding hydrogens is 210 g/mol. The summed E-state index contributed by atoms with van der Waals surface area (Å²) in [7, 11) is 0. The van der Waals surface area contributed by atoms with Gasteiger partial charge in [0, 0.05) is 0 Å². The smallest absolute Gasteiger partial charge is 0.387 e. The Morgan fingerprint density at radius 3 is 1.88 bits per heavy atom. The highest BCUT2D eigenvalue weighted by Gasteiger charge is 2.03. The predicted octanol–water partition coefficient (Wildman–Crippen LogP) is 3.96. The molecule has 0 aliphatic carbocycles. The molecule has 0 fully saturated rings. The Morgan fingerprint density at radius 2 is 1.31 bits per heavy atom. The molecule has 0 bridgehead atoms. The van der Waals surface area contributed by atoms with E-state index in [-0.39, 0.29) is 5.75 Å². The zero-order valence-electron chi connectivity index (χ0n) is 8.44. The molecule has 82 valence electrons. The maximum Gasteiger partial charge on any atom is 0.387 e. The second-order valence-electron chi connectivity index (χ2n) is 3.27. The van der Waals surface area contributed by atoms with Crippen LogP contribution in [0.25, 0.3) is 11.1 Å². The van der Waals surface area contributed by atoms with E-state index in [2.05, 4.69) is 4.74 Å². The average molecular weight is 220 g/mol. The van der Waals surface area contributed by atoms with Gasteiger partial charge < -0.3 is 4.74 Å². The average Bonchev–Trinajstić information content (AvgIpc) is 2.30. The first-order chi connectivity index (χ1) is 7.75. The summed E-state index contributed by atoms with van der Waals surface area (Å²) in [6.07, 6.45) is 0. The number of rotatable bonds is 3. The molecule has 0 aliphatic heterocycles. The molecule has 0 aromatic heterocycles. The van der Waals surface area contributed by atoms with E-state index in [0.29, 0.717) is 0 Å². The molecule has 0 unspecified atom stereocenters. The fourth-order valence-corrected chi connectivity index (χ4v) is 1.46. The highest BCUT2D eigenvalue weighted by Crippen LogP contribution is 2.22. The van der Waals surface area contributed by atoms with Crippen LogP contribution < -0.4 is 4.74 Å². The molecule has 0 spiro atoms. The van der Waals surface area contributed by atoms with Crippen LogP contribution >= 0.6 is 0 Å². The lowest BCUT2D eigenvalue weighted by molar-refractivity contribution is -0.0498. The third kappa shape index (κ3) is 2.57. The van der Waals surface area contributed by atoms with E-state index < -0.39 is 6.61 Å². The number of hydrogen-bond acceptors (Lipinski definition) is 1. The third-order valence-corrected chi connectivity index (χ3v) is 2.19. The Morgan fingerprint density at radius 1 is 0.750 bits per heavy atom. The van der Waals surface area contributed by atoms with Gasteiger partial charge in [-0.25, -0.2) is 0 Å². The maximum absolute atomic E-state index is 11.9. The summed E-state index contributed by atoms with van der Waals surface area (Å²) in [5.74, 6) is 0.176. The number of ether oxygens (including phenoxy) is 1. The number of benzene rings is 2. The lowest BCUT2D eigenvalue weighted by atomic mass is 10.1. The van der Waals surface area contributed by atoms with Crippen LogP contribution in [0.4, 0.5) is 8.78 Å². The SMILES string of the molecule is FC(F)Oc1ccc(-c2ccccc2)cc1. The highest BCUT2D eigenvalue weighted by molar-refractivity contribution is 5.63. The van der Waals surface area contributed by atoms with Gasteiger partial charge in [0.1, 0.15) is 5.75 Å². The van der Waals surface area contributed by atoms with E-state index in [1.807, 2.05) is 30.3 Å². The first-order valence-electron chi connectivity index (χ1n) is 4.86. The molecule has 0 atom stereocenters. The van der Waals surface area contributed by atoms with E-state index in [1.165, 1.54) is 12.1 Å². The Kier molecular flexibility index (Phi) is 3.15. The largest absolute Gasteiger partial charge is 0.435 e. The molecule has 0 heterocycles. The molecule has 2 aromatic carbocycles. The summed E-state index contributed by atoms with van der Waals surface area (Å²) in [5, 5.41) is 0. The lowest BCUT2D eigenvalue weighted by Crippen LogP contribution is -2.01. The molecule has 0 amide bonds. The highest BCUT2D eigenvalue weighted by atomic mass is 19.3. The Bertz CT molecular complexity index is 437. The minimum Gasteiger partial charge on any atom is -0.435 e. The number of hydrogen-bond donors (Lipinski definition) is 0. The van der Waals surface area contributed by atoms with Crippen LogP contribution in [0.3, 0.4) is 0 Å². The summed E-state index contributed by atoms with van der Waals surface area (Å²) in [6, 6.07) is 16.3. The first-order valence-corrected chi connectivity index (χ1v) is 4.86. The third-order valence-electron chi connectivity index (χ3n) is 2.19. The molecule has 2 rings (SSSR count). The van der Waals surface area contributed by atoms with Crippen molar-refractivity contribution in [1.82, 2.24) is 0 Å². The summed E-state index contributed by atoms with van der Waals surface area (Å²) < 4.78 is 28.1. The van der Waals surface area contributed by atoms with E-state index in [0.717, 1.165) is 11.1 Å². The Labute approximate surface area is 92.3 Å². The van der Waals surface area contributed by atoms with Crippen LogP contribution in [0.2, 0.25) is 0 Å². The van der Waals surface area contributed by atoms with Gasteiger partial charge in [-0.05, 0) is 23.3 Å². The molecule has 2 aromatic rings. The fourth-order valence-electron chi connectivity index (χ4n) is 1.46. The van der Waals surface area contributed by atoms with Gasteiger partial charge in [0.05, 0.1) is 0 Å². The minimum absolute atomic E-state index is 0.176. The van der Waals surface area contributed by atoms with Gasteiger partial charge in [-0.15, -0.1) is 0 Å². The molecule has 0 saturated carbocycles. The van der Waals surface area contributed by atoms with Crippen molar-refractivity contribution < 1.29 is 13.5 Å². The Balaban J connectivity index is 2.20. The van der Waals surface area contributed by atoms with Gasteiger partial charge in [-0.3, -0.25) is 0 Å². The molecule has 1 nitrogen and oxygen atoms in total. The van der Waals surface area contributed by atoms with Gasteiger partial charge in [0.25, 0.3) is 0 Å². The van der Waals surface area contributed by atoms with Crippen LogP contribution in [-0.2, 0) is 0 Å². The molecule has 0 N–H and O–H groups in total. The maximum atomic E-state index is 11.9. The zero-order valence-corrected chi connectivity index (χ0v) is 8.44. The molecule has 0 aliphatic rings. The van der Waals surface area contributed by atoms with Crippen molar-refractivity contribution in [2.24, 2.45) is 0 Å². The van der Waals surface area contributed by atoms with Crippen LogP contribution in [-0.4, -0.2) is 6.61 Å². The van der Waals surface area contributed by atoms with Gasteiger partial charge >= 0.3 is 6.61 Å². The normalized spacial score (nSPS) is 10.4. The van der Waals surface area contributed by atoms with E-state index in [4.69, 9.17) is 0 Å². The van der Waals surface area contributed by atoms with Crippen LogP contribution in [0.15, 0.2) is 54.6 Å². The van der Waals surface area contributed by atoms with Gasteiger partial charge in [0.2, 0.25) is 0 Å². The van der Waals surface area contributed by atoms with Crippen LogP contribution in [0, 0.1) is 0 Å². The van der Waals surface area contributed by atoms with Crippen LogP contribution in [0.5, 0.6) is 5.75 Å². The Hall–Kier alpha value is -1.90. The summed E-state index contributed by atoms with van der Waals surface area (Å²) >= 11 is 0. The van der Waals surface area contributed by atoms with Gasteiger partial charge in [-0.2, -0.15) is 8.78 Å². The van der Waals surface area contributed by atoms with Crippen molar-refractivity contribution in [3.63, 3.8) is 0 Å². The second-order valence-corrected chi connectivity index (χ2v) is 3.27. The first kappa shape index (κ1) is 10.6. The van der Waals surface area contributed by atoms with Gasteiger partial charge in [-0.1, -0.05) is 42.5 Å². The summed E-state index contributed by atoms with van der Waals surface area (Å²) in [4.78, 5) is 0. The molecule has 16 heavy (non-hydrogen) atoms. The van der Waals surface area contributed by atoms with E-state index >= 15 is 0 Å². The molecular formula is C13H10F2O. The molecule has 3 heteroatoms. The molecule has 0 radical (unpaired) electrons. The van der Waals surface area contributed by atoms with Crippen molar-refractivity contribution in [2.75, 3.05) is 0 Å². The standard InChI is InChI=1S/C13H10F2O/c14-13(15)16-12-8-6-11(7-9-12)10-4-2-1-3-5-10/h1-9,13H. The van der Waals surface area contributed by atoms with Crippen LogP contribution in [0.1, 0.15) is 0 Å². The summed E-state index contributed by atoms with van der Waals surface area (Å²) in [5.41, 5.74) is 2.02. The lowest BCUT2D eigenvalue weighted by Gasteiger charge is -2.05. The van der Waals surface area contributed by atoms with Crippen molar-refractivity contribution in [3.8, 4) is 16.9 Å². The van der Waals surface area contributed by atoms with Crippen molar-refractivity contribution in [2.45, 2.75) is 6.61 Å². The van der Waals surface area contributed by atoms with E-state index in [1.54, 1.807) is 12.1 Å². The quantitative estimate of drug-likeness (QED) is 0.760. The summed E-state index contributed by atoms with van der Waals surface area (Å²) in [6.45, 7) is -2.78. The van der Waals surface area contributed by atoms with E-state index in [9.17, 15) is 8.78 Å². The predicted molar refractivity (Wildman–Crippen MR) is 58.5 cm³/mol. The van der Waals surface area contributed by atoms with Crippen molar-refractivity contribution in [3.05, 3.63) is 54.6 Å². The topological polar surface area (TPSA) is 9.23 Å². The molecule has 0 saturated heterocycles. The number of alkyl halides is 2. The fraction of sp³-hybridized carbons (Fsp3) is 0.0769. The van der Waals surface area contributed by atoms with Crippen molar-refractivity contribution in [1.29, 1.82) is 0 Å². The zero-order chi connectivity index (χ0) is 11.4. The van der Waals surface area contributed by atoms with Crippen molar-refractivity contribution >= 4 is 0 Å². The second kappa shape index (κ2) is 4.75. The van der Waals surface area contributed by atoms with Gasteiger partial charge in [0.15, 0.2) is 0 Å².